The third-order valence-electron chi connectivity index (χ3n) is 4.54. The third kappa shape index (κ3) is 7.38. The van der Waals surface area contributed by atoms with Gasteiger partial charge in [-0.05, 0) is 30.0 Å². The molecule has 1 fully saturated rings. The summed E-state index contributed by atoms with van der Waals surface area (Å²) in [5, 5.41) is 2.73. The van der Waals surface area contributed by atoms with Gasteiger partial charge in [-0.3, -0.25) is 4.79 Å². The maximum atomic E-state index is 13.4. The van der Waals surface area contributed by atoms with Crippen LogP contribution >= 0.6 is 0 Å². The van der Waals surface area contributed by atoms with Crippen LogP contribution in [0.5, 0.6) is 5.75 Å². The van der Waals surface area contributed by atoms with Crippen LogP contribution in [0.15, 0.2) is 30.9 Å². The SMILES string of the molecule is C=CC(=O)N1CCC(NC(=O)OCCOCCOc2cc(F)ccc2C(C)C)C1. The summed E-state index contributed by atoms with van der Waals surface area (Å²) >= 11 is 0. The van der Waals surface area contributed by atoms with E-state index >= 15 is 0 Å². The maximum absolute atomic E-state index is 13.4. The summed E-state index contributed by atoms with van der Waals surface area (Å²) in [7, 11) is 0. The first-order valence-corrected chi connectivity index (χ1v) is 9.75. The minimum atomic E-state index is -0.538. The van der Waals surface area contributed by atoms with Crippen LogP contribution in [0.2, 0.25) is 0 Å². The van der Waals surface area contributed by atoms with E-state index in [0.717, 1.165) is 5.56 Å². The number of nitrogens with one attached hydrogen (secondary N) is 1. The number of likely N-dealkylation sites (tertiary alicyclic amines) is 1. The van der Waals surface area contributed by atoms with E-state index in [0.29, 0.717) is 31.9 Å². The number of nitrogens with zero attached hydrogens (tertiary/aromatic N) is 1. The molecule has 160 valence electrons. The molecule has 1 aromatic carbocycles. The van der Waals surface area contributed by atoms with Gasteiger partial charge in [-0.1, -0.05) is 26.5 Å². The van der Waals surface area contributed by atoms with E-state index in [-0.39, 0.29) is 43.5 Å². The molecule has 2 rings (SSSR count). The van der Waals surface area contributed by atoms with Gasteiger partial charge in [0.1, 0.15) is 24.8 Å². The lowest BCUT2D eigenvalue weighted by atomic mass is 10.0. The van der Waals surface area contributed by atoms with Crippen LogP contribution < -0.4 is 10.1 Å². The topological polar surface area (TPSA) is 77.1 Å². The molecule has 0 radical (unpaired) electrons. The van der Waals surface area contributed by atoms with Crippen molar-refractivity contribution < 1.29 is 28.2 Å². The molecule has 8 heteroatoms. The standard InChI is InChI=1S/C21H29FN2O5/c1-4-20(25)24-8-7-17(14-24)23-21(26)29-12-10-27-9-11-28-19-13-16(22)5-6-18(19)15(2)3/h4-6,13,15,17H,1,7-12,14H2,2-3H3,(H,23,26). The molecule has 1 unspecified atom stereocenters. The lowest BCUT2D eigenvalue weighted by Crippen LogP contribution is -2.38. The number of amides is 2. The Morgan fingerprint density at radius 1 is 1.31 bits per heavy atom. The predicted molar refractivity (Wildman–Crippen MR) is 106 cm³/mol. The molecule has 0 aliphatic carbocycles. The number of alkyl carbamates (subject to hydrolysis) is 1. The fraction of sp³-hybridized carbons (Fsp3) is 0.524. The first kappa shape index (κ1) is 22.7. The summed E-state index contributed by atoms with van der Waals surface area (Å²) in [5.74, 6) is 0.251. The van der Waals surface area contributed by atoms with E-state index in [2.05, 4.69) is 11.9 Å². The van der Waals surface area contributed by atoms with Crippen LogP contribution in [0.1, 0.15) is 31.7 Å². The van der Waals surface area contributed by atoms with Gasteiger partial charge >= 0.3 is 6.09 Å². The summed E-state index contributed by atoms with van der Waals surface area (Å²) in [6.07, 6.45) is 1.41. The second-order valence-electron chi connectivity index (χ2n) is 7.05. The van der Waals surface area contributed by atoms with Gasteiger partial charge in [-0.2, -0.15) is 0 Å². The van der Waals surface area contributed by atoms with E-state index in [1.54, 1.807) is 11.0 Å². The summed E-state index contributed by atoms with van der Waals surface area (Å²) in [4.78, 5) is 24.9. The Hall–Kier alpha value is -2.61. The Bertz CT molecular complexity index is 710. The number of ether oxygens (including phenoxy) is 3. The normalized spacial score (nSPS) is 16.0. The van der Waals surface area contributed by atoms with Gasteiger partial charge in [0.15, 0.2) is 0 Å². The minimum absolute atomic E-state index is 0.102. The Balaban J connectivity index is 1.56. The molecule has 1 saturated heterocycles. The molecule has 0 bridgehead atoms. The van der Waals surface area contributed by atoms with Crippen LogP contribution in [0, 0.1) is 5.82 Å². The Labute approximate surface area is 170 Å². The van der Waals surface area contributed by atoms with Gasteiger partial charge in [0.05, 0.1) is 19.3 Å². The molecule has 1 aromatic rings. The highest BCUT2D eigenvalue weighted by atomic mass is 19.1. The summed E-state index contributed by atoms with van der Waals surface area (Å²) < 4.78 is 29.5. The lowest BCUT2D eigenvalue weighted by molar-refractivity contribution is -0.125. The van der Waals surface area contributed by atoms with Crippen LogP contribution in [0.25, 0.3) is 0 Å². The zero-order chi connectivity index (χ0) is 21.2. The molecule has 29 heavy (non-hydrogen) atoms. The van der Waals surface area contributed by atoms with Crippen molar-refractivity contribution in [2.75, 3.05) is 39.5 Å². The minimum Gasteiger partial charge on any atom is -0.491 e. The van der Waals surface area contributed by atoms with E-state index in [1.165, 1.54) is 18.2 Å². The second kappa shape index (κ2) is 11.4. The highest BCUT2D eigenvalue weighted by Crippen LogP contribution is 2.27. The van der Waals surface area contributed by atoms with Crippen LogP contribution in [-0.4, -0.2) is 62.5 Å². The van der Waals surface area contributed by atoms with Crippen molar-refractivity contribution >= 4 is 12.0 Å². The Morgan fingerprint density at radius 3 is 2.79 bits per heavy atom. The second-order valence-corrected chi connectivity index (χ2v) is 7.05. The van der Waals surface area contributed by atoms with E-state index in [4.69, 9.17) is 14.2 Å². The fourth-order valence-corrected chi connectivity index (χ4v) is 3.03. The summed E-state index contributed by atoms with van der Waals surface area (Å²) in [6, 6.07) is 4.39. The van der Waals surface area contributed by atoms with Gasteiger partial charge in [0, 0.05) is 19.2 Å². The van der Waals surface area contributed by atoms with Crippen LogP contribution in [0.4, 0.5) is 9.18 Å². The Morgan fingerprint density at radius 2 is 2.07 bits per heavy atom. The van der Waals surface area contributed by atoms with E-state index in [9.17, 15) is 14.0 Å². The van der Waals surface area contributed by atoms with Crippen molar-refractivity contribution in [2.45, 2.75) is 32.2 Å². The fourth-order valence-electron chi connectivity index (χ4n) is 3.03. The smallest absolute Gasteiger partial charge is 0.407 e. The zero-order valence-electron chi connectivity index (χ0n) is 17.0. The molecule has 1 aliphatic rings. The number of rotatable bonds is 10. The number of carbonyl (C=O) groups is 2. The highest BCUT2D eigenvalue weighted by molar-refractivity contribution is 5.87. The molecule has 1 aliphatic heterocycles. The van der Waals surface area contributed by atoms with E-state index in [1.807, 2.05) is 13.8 Å². The van der Waals surface area contributed by atoms with Crippen molar-refractivity contribution in [3.63, 3.8) is 0 Å². The van der Waals surface area contributed by atoms with Crippen LogP contribution in [0.3, 0.4) is 0 Å². The Kier molecular flexibility index (Phi) is 8.92. The average Bonchev–Trinajstić information content (AvgIpc) is 3.14. The molecule has 0 spiro atoms. The lowest BCUT2D eigenvalue weighted by Gasteiger charge is -2.15. The van der Waals surface area contributed by atoms with Crippen molar-refractivity contribution in [2.24, 2.45) is 0 Å². The van der Waals surface area contributed by atoms with E-state index < -0.39 is 6.09 Å². The first-order chi connectivity index (χ1) is 13.9. The number of carbonyl (C=O) groups excluding carboxylic acids is 2. The quantitative estimate of drug-likeness (QED) is 0.476. The van der Waals surface area contributed by atoms with Gasteiger partial charge in [0.2, 0.25) is 5.91 Å². The molecule has 1 N–H and O–H groups in total. The summed E-state index contributed by atoms with van der Waals surface area (Å²) in [5.41, 5.74) is 0.937. The molecular formula is C21H29FN2O5. The number of hydrogen-bond acceptors (Lipinski definition) is 5. The number of halogens is 1. The number of hydrogen-bond donors (Lipinski definition) is 1. The zero-order valence-corrected chi connectivity index (χ0v) is 17.0. The van der Waals surface area contributed by atoms with Crippen molar-refractivity contribution in [3.8, 4) is 5.75 Å². The molecule has 2 amide bonds. The maximum Gasteiger partial charge on any atom is 0.407 e. The monoisotopic (exact) mass is 408 g/mol. The van der Waals surface area contributed by atoms with Crippen LogP contribution in [-0.2, 0) is 14.3 Å². The van der Waals surface area contributed by atoms with Crippen molar-refractivity contribution in [3.05, 3.63) is 42.2 Å². The highest BCUT2D eigenvalue weighted by Gasteiger charge is 2.26. The van der Waals surface area contributed by atoms with Crippen molar-refractivity contribution in [1.82, 2.24) is 10.2 Å². The van der Waals surface area contributed by atoms with Gasteiger partial charge < -0.3 is 24.4 Å². The predicted octanol–water partition coefficient (Wildman–Crippen LogP) is 2.86. The largest absolute Gasteiger partial charge is 0.491 e. The van der Waals surface area contributed by atoms with Gasteiger partial charge in [-0.25, -0.2) is 9.18 Å². The molecular weight excluding hydrogens is 379 g/mol. The van der Waals surface area contributed by atoms with Gasteiger partial charge in [0.25, 0.3) is 0 Å². The van der Waals surface area contributed by atoms with Crippen molar-refractivity contribution in [1.29, 1.82) is 0 Å². The first-order valence-electron chi connectivity index (χ1n) is 9.75. The summed E-state index contributed by atoms with van der Waals surface area (Å²) in [6.45, 7) is 9.40. The molecule has 1 atom stereocenters. The molecule has 7 nitrogen and oxygen atoms in total. The molecule has 0 aromatic heterocycles. The third-order valence-corrected chi connectivity index (χ3v) is 4.54. The number of benzene rings is 1. The average molecular weight is 408 g/mol. The molecule has 0 saturated carbocycles. The van der Waals surface area contributed by atoms with Gasteiger partial charge in [-0.15, -0.1) is 0 Å². The molecule has 1 heterocycles.